The number of amides is 1. The van der Waals surface area contributed by atoms with Gasteiger partial charge >= 0.3 is 0 Å². The van der Waals surface area contributed by atoms with Crippen molar-refractivity contribution in [1.82, 2.24) is 25.1 Å². The van der Waals surface area contributed by atoms with E-state index in [0.717, 1.165) is 12.8 Å². The number of tetrazole rings is 1. The zero-order valence-electron chi connectivity index (χ0n) is 11.9. The van der Waals surface area contributed by atoms with Crippen LogP contribution in [0.15, 0.2) is 5.16 Å². The van der Waals surface area contributed by atoms with Gasteiger partial charge in [0.1, 0.15) is 0 Å². The number of aromatic nitrogens is 4. The number of likely N-dealkylation sites (tertiary alicyclic amines) is 1. The number of piperidine rings is 1. The summed E-state index contributed by atoms with van der Waals surface area (Å²) >= 11 is 1.42. The predicted octanol–water partition coefficient (Wildman–Crippen LogP) is 1.48. The highest BCUT2D eigenvalue weighted by molar-refractivity contribution is 8.00. The number of carbonyl (C=O) groups is 1. The maximum atomic E-state index is 12.6. The van der Waals surface area contributed by atoms with Crippen LogP contribution in [-0.4, -0.2) is 48.3 Å². The maximum Gasteiger partial charge on any atom is 0.236 e. The molecule has 0 bridgehead atoms. The smallest absolute Gasteiger partial charge is 0.236 e. The molecule has 0 aliphatic carbocycles. The first kappa shape index (κ1) is 14.3. The van der Waals surface area contributed by atoms with Crippen molar-refractivity contribution in [3.8, 4) is 0 Å². The van der Waals surface area contributed by atoms with E-state index in [1.54, 1.807) is 11.7 Å². The Kier molecular flexibility index (Phi) is 4.44. The summed E-state index contributed by atoms with van der Waals surface area (Å²) in [5, 5.41) is 11.8. The van der Waals surface area contributed by atoms with Gasteiger partial charge in [0, 0.05) is 19.1 Å². The fourth-order valence-electron chi connectivity index (χ4n) is 2.60. The molecule has 0 spiro atoms. The summed E-state index contributed by atoms with van der Waals surface area (Å²) in [7, 11) is 1.78. The lowest BCUT2D eigenvalue weighted by molar-refractivity contribution is -0.136. The lowest BCUT2D eigenvalue weighted by Gasteiger charge is -2.40. The number of rotatable bonds is 3. The minimum Gasteiger partial charge on any atom is -0.336 e. The molecule has 1 saturated heterocycles. The molecule has 19 heavy (non-hydrogen) atoms. The molecular weight excluding hydrogens is 262 g/mol. The standard InChI is InChI=1S/C12H21N5OS/c1-8-6-5-7-9(2)17(8)11(18)10(3)19-12-13-14-15-16(12)4/h8-10H,5-7H2,1-4H3/t8-,9+,10-/m1/s1. The van der Waals surface area contributed by atoms with E-state index in [1.807, 2.05) is 11.8 Å². The van der Waals surface area contributed by atoms with Gasteiger partial charge in [0.2, 0.25) is 11.1 Å². The molecule has 0 N–H and O–H groups in total. The molecular formula is C12H21N5OS. The second-order valence-electron chi connectivity index (χ2n) is 5.22. The predicted molar refractivity (Wildman–Crippen MR) is 73.7 cm³/mol. The van der Waals surface area contributed by atoms with E-state index in [0.29, 0.717) is 17.2 Å². The van der Waals surface area contributed by atoms with Gasteiger partial charge in [0.25, 0.3) is 0 Å². The minimum absolute atomic E-state index is 0.160. The van der Waals surface area contributed by atoms with Gasteiger partial charge in [-0.2, -0.15) is 0 Å². The molecule has 106 valence electrons. The molecule has 1 amide bonds. The Hall–Kier alpha value is -1.11. The summed E-state index contributed by atoms with van der Waals surface area (Å²) in [5.74, 6) is 0.188. The van der Waals surface area contributed by atoms with Crippen molar-refractivity contribution in [3.05, 3.63) is 0 Å². The van der Waals surface area contributed by atoms with Gasteiger partial charge in [-0.1, -0.05) is 11.8 Å². The van der Waals surface area contributed by atoms with E-state index in [2.05, 4.69) is 29.4 Å². The molecule has 0 radical (unpaired) electrons. The number of hydrogen-bond donors (Lipinski definition) is 0. The zero-order valence-corrected chi connectivity index (χ0v) is 12.7. The molecule has 6 nitrogen and oxygen atoms in total. The van der Waals surface area contributed by atoms with Crippen molar-refractivity contribution in [1.29, 1.82) is 0 Å². The zero-order chi connectivity index (χ0) is 14.0. The average Bonchev–Trinajstić information content (AvgIpc) is 2.74. The first-order valence-corrected chi connectivity index (χ1v) is 7.60. The average molecular weight is 283 g/mol. The van der Waals surface area contributed by atoms with Crippen LogP contribution in [0.3, 0.4) is 0 Å². The Morgan fingerprint density at radius 3 is 2.53 bits per heavy atom. The third-order valence-corrected chi connectivity index (χ3v) is 4.77. The highest BCUT2D eigenvalue weighted by atomic mass is 32.2. The Morgan fingerprint density at radius 1 is 1.37 bits per heavy atom. The molecule has 1 aliphatic heterocycles. The number of carbonyl (C=O) groups excluding carboxylic acids is 1. The maximum absolute atomic E-state index is 12.6. The molecule has 0 aromatic carbocycles. The van der Waals surface area contributed by atoms with Gasteiger partial charge in [0.15, 0.2) is 0 Å². The fourth-order valence-corrected chi connectivity index (χ4v) is 3.41. The van der Waals surface area contributed by atoms with Gasteiger partial charge in [0.05, 0.1) is 5.25 Å². The van der Waals surface area contributed by atoms with Crippen LogP contribution in [0.1, 0.15) is 40.0 Å². The van der Waals surface area contributed by atoms with E-state index in [9.17, 15) is 4.79 Å². The van der Waals surface area contributed by atoms with Crippen molar-refractivity contribution >= 4 is 17.7 Å². The third kappa shape index (κ3) is 3.08. The van der Waals surface area contributed by atoms with Crippen LogP contribution in [0.25, 0.3) is 0 Å². The minimum atomic E-state index is -0.160. The monoisotopic (exact) mass is 283 g/mol. The Morgan fingerprint density at radius 2 is 2.00 bits per heavy atom. The lowest BCUT2D eigenvalue weighted by Crippen LogP contribution is -2.50. The van der Waals surface area contributed by atoms with Crippen LogP contribution in [0.4, 0.5) is 0 Å². The molecule has 2 heterocycles. The highest BCUT2D eigenvalue weighted by Gasteiger charge is 2.32. The van der Waals surface area contributed by atoms with E-state index in [-0.39, 0.29) is 11.2 Å². The summed E-state index contributed by atoms with van der Waals surface area (Å²) in [6.45, 7) is 6.19. The number of hydrogen-bond acceptors (Lipinski definition) is 5. The number of aryl methyl sites for hydroxylation is 1. The first-order chi connectivity index (χ1) is 9.00. The number of thioether (sulfide) groups is 1. The molecule has 0 saturated carbocycles. The van der Waals surface area contributed by atoms with E-state index in [1.165, 1.54) is 18.2 Å². The highest BCUT2D eigenvalue weighted by Crippen LogP contribution is 2.27. The molecule has 2 rings (SSSR count). The van der Waals surface area contributed by atoms with Crippen LogP contribution in [0, 0.1) is 0 Å². The van der Waals surface area contributed by atoms with Crippen LogP contribution < -0.4 is 0 Å². The van der Waals surface area contributed by atoms with Gasteiger partial charge in [-0.3, -0.25) is 4.79 Å². The molecule has 1 aliphatic rings. The van der Waals surface area contributed by atoms with E-state index in [4.69, 9.17) is 0 Å². The quantitative estimate of drug-likeness (QED) is 0.786. The summed E-state index contributed by atoms with van der Waals surface area (Å²) in [6, 6.07) is 0.661. The van der Waals surface area contributed by atoms with Crippen molar-refractivity contribution in [2.45, 2.75) is 62.5 Å². The fraction of sp³-hybridized carbons (Fsp3) is 0.833. The second kappa shape index (κ2) is 5.90. The Bertz CT molecular complexity index is 439. The van der Waals surface area contributed by atoms with E-state index < -0.39 is 0 Å². The SMILES string of the molecule is C[C@@H]1CCC[C@H](C)N1C(=O)[C@@H](C)Sc1nnnn1C. The summed E-state index contributed by atoms with van der Waals surface area (Å²) in [6.07, 6.45) is 3.40. The van der Waals surface area contributed by atoms with Gasteiger partial charge in [-0.05, 0) is 50.5 Å². The Balaban J connectivity index is 2.04. The Labute approximate surface area is 117 Å². The van der Waals surface area contributed by atoms with Crippen LogP contribution in [0.2, 0.25) is 0 Å². The molecule has 1 fully saturated rings. The summed E-state index contributed by atoms with van der Waals surface area (Å²) < 4.78 is 1.59. The van der Waals surface area contributed by atoms with Crippen molar-refractivity contribution in [3.63, 3.8) is 0 Å². The largest absolute Gasteiger partial charge is 0.336 e. The normalized spacial score (nSPS) is 25.4. The first-order valence-electron chi connectivity index (χ1n) is 6.72. The van der Waals surface area contributed by atoms with Crippen molar-refractivity contribution in [2.24, 2.45) is 7.05 Å². The van der Waals surface area contributed by atoms with Gasteiger partial charge < -0.3 is 4.90 Å². The summed E-state index contributed by atoms with van der Waals surface area (Å²) in [5.41, 5.74) is 0. The lowest BCUT2D eigenvalue weighted by atomic mass is 9.97. The van der Waals surface area contributed by atoms with Gasteiger partial charge in [-0.15, -0.1) is 5.10 Å². The topological polar surface area (TPSA) is 63.9 Å². The van der Waals surface area contributed by atoms with Crippen molar-refractivity contribution in [2.75, 3.05) is 0 Å². The molecule has 0 unspecified atom stereocenters. The molecule has 1 aromatic rings. The van der Waals surface area contributed by atoms with Crippen LogP contribution in [-0.2, 0) is 11.8 Å². The van der Waals surface area contributed by atoms with E-state index >= 15 is 0 Å². The number of nitrogens with zero attached hydrogens (tertiary/aromatic N) is 5. The van der Waals surface area contributed by atoms with Crippen molar-refractivity contribution < 1.29 is 4.79 Å². The van der Waals surface area contributed by atoms with Crippen LogP contribution >= 0.6 is 11.8 Å². The third-order valence-electron chi connectivity index (χ3n) is 3.66. The second-order valence-corrected chi connectivity index (χ2v) is 6.53. The molecule has 7 heteroatoms. The molecule has 1 aromatic heterocycles. The summed E-state index contributed by atoms with van der Waals surface area (Å²) in [4.78, 5) is 14.6. The van der Waals surface area contributed by atoms with Crippen LogP contribution in [0.5, 0.6) is 0 Å². The molecule has 3 atom stereocenters. The van der Waals surface area contributed by atoms with Gasteiger partial charge in [-0.25, -0.2) is 4.68 Å².